The number of aliphatic hydroxyl groups excluding tert-OH is 1. The molecule has 1 aromatic rings. The molecular formula is C27H36N2O6. The molecule has 3 heterocycles. The Labute approximate surface area is 206 Å². The molecule has 1 spiro atoms. The number of aliphatic hydroxyl groups is 1. The predicted molar refractivity (Wildman–Crippen MR) is 131 cm³/mol. The number of rotatable bonds is 9. The number of benzene rings is 1. The molecule has 35 heavy (non-hydrogen) atoms. The van der Waals surface area contributed by atoms with E-state index in [1.165, 1.54) is 4.90 Å². The van der Waals surface area contributed by atoms with Crippen LogP contribution < -0.4 is 4.90 Å². The monoisotopic (exact) mass is 484 g/mol. The summed E-state index contributed by atoms with van der Waals surface area (Å²) in [5.74, 6) is -3.81. The predicted octanol–water partition coefficient (Wildman–Crippen LogP) is 2.83. The molecule has 0 aromatic heterocycles. The molecule has 3 aliphatic heterocycles. The van der Waals surface area contributed by atoms with Gasteiger partial charge in [0.1, 0.15) is 17.6 Å². The zero-order valence-electron chi connectivity index (χ0n) is 21.0. The molecule has 0 aliphatic carbocycles. The molecule has 2 unspecified atom stereocenters. The topological polar surface area (TPSA) is 107 Å². The van der Waals surface area contributed by atoms with Crippen LogP contribution in [0.1, 0.15) is 50.7 Å². The highest BCUT2D eigenvalue weighted by molar-refractivity contribution is 6.05. The van der Waals surface area contributed by atoms with Gasteiger partial charge in [0.2, 0.25) is 5.91 Å². The van der Waals surface area contributed by atoms with Crippen LogP contribution in [-0.2, 0) is 19.1 Å². The Morgan fingerprint density at radius 1 is 1.31 bits per heavy atom. The Morgan fingerprint density at radius 3 is 2.60 bits per heavy atom. The first-order valence-corrected chi connectivity index (χ1v) is 12.5. The van der Waals surface area contributed by atoms with Crippen molar-refractivity contribution in [3.8, 4) is 0 Å². The number of amides is 2. The minimum atomic E-state index is -1.24. The average molecular weight is 485 g/mol. The first-order chi connectivity index (χ1) is 16.6. The van der Waals surface area contributed by atoms with E-state index in [1.54, 1.807) is 11.0 Å². The number of carbonyl (C=O) groups excluding carboxylic acids is 2. The number of aryl methyl sites for hydroxylation is 2. The summed E-state index contributed by atoms with van der Waals surface area (Å²) >= 11 is 0. The van der Waals surface area contributed by atoms with Crippen LogP contribution in [0.25, 0.3) is 0 Å². The lowest BCUT2D eigenvalue weighted by atomic mass is 9.65. The summed E-state index contributed by atoms with van der Waals surface area (Å²) in [5.41, 5.74) is 0.382. The van der Waals surface area contributed by atoms with E-state index in [4.69, 9.17) is 4.74 Å². The van der Waals surface area contributed by atoms with Gasteiger partial charge < -0.3 is 24.7 Å². The van der Waals surface area contributed by atoms with Crippen molar-refractivity contribution >= 4 is 23.5 Å². The van der Waals surface area contributed by atoms with E-state index in [0.29, 0.717) is 31.4 Å². The Hall–Kier alpha value is -2.71. The van der Waals surface area contributed by atoms with Gasteiger partial charge in [-0.15, -0.1) is 6.58 Å². The number of fused-ring (bicyclic) bond motifs is 1. The third-order valence-corrected chi connectivity index (χ3v) is 8.43. The summed E-state index contributed by atoms with van der Waals surface area (Å²) in [6.07, 6.45) is 3.41. The summed E-state index contributed by atoms with van der Waals surface area (Å²) in [5, 5.41) is 20.3. The number of ether oxygens (including phenoxy) is 1. The van der Waals surface area contributed by atoms with Crippen LogP contribution in [0.15, 0.2) is 30.9 Å². The van der Waals surface area contributed by atoms with E-state index in [1.807, 2.05) is 45.9 Å². The molecule has 2 amide bonds. The highest BCUT2D eigenvalue weighted by atomic mass is 16.5. The molecule has 8 heteroatoms. The molecule has 4 rings (SSSR count). The van der Waals surface area contributed by atoms with Crippen molar-refractivity contribution in [3.63, 3.8) is 0 Å². The SMILES string of the molecule is C=CCN(C(=O)C1N([C@@H](CC)CO)C(=O)[C@@H]2[C@@H](C(=O)O)[C@@]3(CC)CCC12O3)c1cc(C)ccc1C. The molecule has 0 radical (unpaired) electrons. The van der Waals surface area contributed by atoms with Gasteiger partial charge >= 0.3 is 5.97 Å². The smallest absolute Gasteiger partial charge is 0.310 e. The number of carboxylic acids is 1. The standard InChI is InChI=1S/C27H36N2O6/c1-6-13-28(19-14-16(4)9-10-17(19)5)24(32)22-27-12-11-26(8-3,35-27)21(25(33)34)20(27)23(31)29(22)18(7-2)15-30/h6,9-10,14,18,20-22,30H,1,7-8,11-13,15H2,2-5H3,(H,33,34)/t18-,20-,21-,22?,26+,27?/m0/s1. The summed E-state index contributed by atoms with van der Waals surface area (Å²) in [6, 6.07) is 4.19. The van der Waals surface area contributed by atoms with Crippen molar-refractivity contribution in [1.82, 2.24) is 4.90 Å². The van der Waals surface area contributed by atoms with Crippen molar-refractivity contribution < 1.29 is 29.3 Å². The van der Waals surface area contributed by atoms with Gasteiger partial charge in [-0.1, -0.05) is 32.1 Å². The summed E-state index contributed by atoms with van der Waals surface area (Å²) in [6.45, 7) is 11.3. The van der Waals surface area contributed by atoms with Crippen LogP contribution in [0, 0.1) is 25.7 Å². The maximum atomic E-state index is 14.5. The van der Waals surface area contributed by atoms with E-state index < -0.39 is 47.0 Å². The lowest BCUT2D eigenvalue weighted by molar-refractivity contribution is -0.157. The first-order valence-electron chi connectivity index (χ1n) is 12.5. The van der Waals surface area contributed by atoms with E-state index in [0.717, 1.165) is 11.1 Å². The third kappa shape index (κ3) is 3.52. The maximum absolute atomic E-state index is 14.5. The van der Waals surface area contributed by atoms with Gasteiger partial charge in [0, 0.05) is 12.2 Å². The Balaban J connectivity index is 1.89. The number of carbonyl (C=O) groups is 3. The number of hydrogen-bond donors (Lipinski definition) is 2. The lowest BCUT2D eigenvalue weighted by Gasteiger charge is -2.39. The van der Waals surface area contributed by atoms with Gasteiger partial charge in [-0.25, -0.2) is 0 Å². The molecular weight excluding hydrogens is 448 g/mol. The molecule has 1 aromatic carbocycles. The minimum absolute atomic E-state index is 0.222. The van der Waals surface area contributed by atoms with Crippen molar-refractivity contribution in [2.45, 2.75) is 76.7 Å². The van der Waals surface area contributed by atoms with Gasteiger partial charge in [0.25, 0.3) is 5.91 Å². The van der Waals surface area contributed by atoms with Crippen molar-refractivity contribution in [1.29, 1.82) is 0 Å². The van der Waals surface area contributed by atoms with Gasteiger partial charge in [0.05, 0.1) is 24.2 Å². The second kappa shape index (κ2) is 9.06. The average Bonchev–Trinajstić information content (AvgIpc) is 3.44. The van der Waals surface area contributed by atoms with Crippen LogP contribution in [-0.4, -0.2) is 69.3 Å². The van der Waals surface area contributed by atoms with E-state index in [9.17, 15) is 24.6 Å². The molecule has 8 nitrogen and oxygen atoms in total. The molecule has 0 saturated carbocycles. The Kier molecular flexibility index (Phi) is 6.57. The Morgan fingerprint density at radius 2 is 2.03 bits per heavy atom. The van der Waals surface area contributed by atoms with Crippen LogP contribution in [0.3, 0.4) is 0 Å². The van der Waals surface area contributed by atoms with Crippen LogP contribution in [0.5, 0.6) is 0 Å². The fraction of sp³-hybridized carbons (Fsp3) is 0.593. The van der Waals surface area contributed by atoms with Gasteiger partial charge in [-0.3, -0.25) is 14.4 Å². The number of aliphatic carboxylic acids is 1. The molecule has 2 N–H and O–H groups in total. The quantitative estimate of drug-likeness (QED) is 0.522. The van der Waals surface area contributed by atoms with Crippen molar-refractivity contribution in [3.05, 3.63) is 42.0 Å². The van der Waals surface area contributed by atoms with E-state index in [2.05, 4.69) is 6.58 Å². The second-order valence-corrected chi connectivity index (χ2v) is 10.2. The number of carboxylic acid groups (broad SMARTS) is 1. The number of likely N-dealkylation sites (tertiary alicyclic amines) is 1. The highest BCUT2D eigenvalue weighted by Crippen LogP contribution is 2.64. The van der Waals surface area contributed by atoms with Gasteiger partial charge in [0.15, 0.2) is 0 Å². The zero-order valence-corrected chi connectivity index (χ0v) is 21.0. The van der Waals surface area contributed by atoms with Gasteiger partial charge in [-0.05, 0) is 56.7 Å². The molecule has 3 fully saturated rings. The molecule has 2 bridgehead atoms. The summed E-state index contributed by atoms with van der Waals surface area (Å²) < 4.78 is 6.59. The van der Waals surface area contributed by atoms with Crippen LogP contribution >= 0.6 is 0 Å². The van der Waals surface area contributed by atoms with Crippen molar-refractivity contribution in [2.24, 2.45) is 11.8 Å². The summed E-state index contributed by atoms with van der Waals surface area (Å²) in [4.78, 5) is 43.9. The minimum Gasteiger partial charge on any atom is -0.481 e. The van der Waals surface area contributed by atoms with Crippen molar-refractivity contribution in [2.75, 3.05) is 18.1 Å². The fourth-order valence-corrected chi connectivity index (χ4v) is 6.71. The fourth-order valence-electron chi connectivity index (χ4n) is 6.71. The van der Waals surface area contributed by atoms with E-state index in [-0.39, 0.29) is 19.1 Å². The number of hydrogen-bond acceptors (Lipinski definition) is 5. The second-order valence-electron chi connectivity index (χ2n) is 10.2. The molecule has 190 valence electrons. The largest absolute Gasteiger partial charge is 0.481 e. The molecule has 6 atom stereocenters. The van der Waals surface area contributed by atoms with Crippen LogP contribution in [0.2, 0.25) is 0 Å². The number of nitrogens with zero attached hydrogens (tertiary/aromatic N) is 2. The summed E-state index contributed by atoms with van der Waals surface area (Å²) in [7, 11) is 0. The lowest BCUT2D eigenvalue weighted by Crippen LogP contribution is -2.59. The molecule has 3 saturated heterocycles. The molecule has 3 aliphatic rings. The Bertz CT molecular complexity index is 1050. The third-order valence-electron chi connectivity index (χ3n) is 8.43. The first kappa shape index (κ1) is 25.4. The zero-order chi connectivity index (χ0) is 25.7. The van der Waals surface area contributed by atoms with E-state index >= 15 is 0 Å². The highest BCUT2D eigenvalue weighted by Gasteiger charge is 2.79. The maximum Gasteiger partial charge on any atom is 0.310 e. The van der Waals surface area contributed by atoms with Crippen LogP contribution in [0.4, 0.5) is 5.69 Å². The van der Waals surface area contributed by atoms with Gasteiger partial charge in [-0.2, -0.15) is 0 Å². The number of anilines is 1. The normalized spacial score (nSPS) is 32.0.